The number of anilines is 1. The Morgan fingerprint density at radius 1 is 1.30 bits per heavy atom. The number of benzene rings is 1. The van der Waals surface area contributed by atoms with E-state index in [1.165, 1.54) is 0 Å². The average Bonchev–Trinajstić information content (AvgIpc) is 3.63. The molecule has 2 aliphatic rings. The third kappa shape index (κ3) is 6.05. The maximum absolute atomic E-state index is 14.6. The lowest BCUT2D eigenvalue weighted by Gasteiger charge is -2.33. The minimum atomic E-state index is -2.77. The van der Waals surface area contributed by atoms with Gasteiger partial charge in [-0.3, -0.25) is 4.79 Å². The van der Waals surface area contributed by atoms with Crippen LogP contribution in [0.5, 0.6) is 0 Å². The molecular formula is C25H27F3N4O. The number of carbonyl (C=O) groups excluding carboxylic acids is 1. The van der Waals surface area contributed by atoms with Crippen molar-refractivity contribution in [1.29, 1.82) is 0 Å². The molecule has 1 aromatic carbocycles. The summed E-state index contributed by atoms with van der Waals surface area (Å²) in [5, 5.41) is 7.51. The molecular weight excluding hydrogens is 429 g/mol. The summed E-state index contributed by atoms with van der Waals surface area (Å²) in [4.78, 5) is 18.2. The van der Waals surface area contributed by atoms with Crippen molar-refractivity contribution >= 4 is 28.4 Å². The maximum atomic E-state index is 14.6. The predicted octanol–water partition coefficient (Wildman–Crippen LogP) is 3.84. The second-order valence-electron chi connectivity index (χ2n) is 8.61. The van der Waals surface area contributed by atoms with E-state index in [9.17, 15) is 18.0 Å². The van der Waals surface area contributed by atoms with Gasteiger partial charge in [0.25, 0.3) is 6.43 Å². The van der Waals surface area contributed by atoms with Crippen molar-refractivity contribution in [2.45, 2.75) is 37.9 Å². The van der Waals surface area contributed by atoms with Gasteiger partial charge < -0.3 is 15.5 Å². The van der Waals surface area contributed by atoms with Crippen molar-refractivity contribution in [3.05, 3.63) is 41.7 Å². The number of aromatic nitrogens is 1. The minimum Gasteiger partial charge on any atom is -0.379 e. The summed E-state index contributed by atoms with van der Waals surface area (Å²) < 4.78 is 40.1. The van der Waals surface area contributed by atoms with Gasteiger partial charge in [0.2, 0.25) is 5.91 Å². The number of nitrogens with one attached hydrogen (secondary N) is 2. The highest BCUT2D eigenvalue weighted by atomic mass is 19.3. The van der Waals surface area contributed by atoms with Crippen LogP contribution < -0.4 is 10.6 Å². The molecule has 1 aliphatic heterocycles. The fraction of sp³-hybridized carbons (Fsp3) is 0.440. The van der Waals surface area contributed by atoms with E-state index in [0.29, 0.717) is 36.3 Å². The van der Waals surface area contributed by atoms with E-state index in [-0.39, 0.29) is 23.6 Å². The molecule has 33 heavy (non-hydrogen) atoms. The van der Waals surface area contributed by atoms with Gasteiger partial charge in [-0.1, -0.05) is 18.2 Å². The van der Waals surface area contributed by atoms with Crippen LogP contribution in [0.1, 0.15) is 30.7 Å². The standard InChI is InChI=1S/C25H27F3N4O/c1-32-13-11-23(20(26)15-32)31-21-6-2-5-18-19(21)14-17(30-22(18)9-10-24(27)28)4-3-12-29-25(33)16-7-8-16/h2-6,14,16,20,23-24,31H,7-8,11-13,15H2,1H3,(H,29,33)/b4-3+/t20-,23+/m0/s1. The van der Waals surface area contributed by atoms with Crippen molar-refractivity contribution in [3.8, 4) is 11.8 Å². The molecule has 0 bridgehead atoms. The number of alkyl halides is 3. The number of piperidine rings is 1. The van der Waals surface area contributed by atoms with E-state index in [0.717, 1.165) is 24.8 Å². The third-order valence-corrected chi connectivity index (χ3v) is 5.91. The first-order chi connectivity index (χ1) is 15.9. The van der Waals surface area contributed by atoms with Crippen LogP contribution in [-0.4, -0.2) is 61.1 Å². The van der Waals surface area contributed by atoms with Crippen LogP contribution in [0.25, 0.3) is 16.8 Å². The van der Waals surface area contributed by atoms with Crippen LogP contribution >= 0.6 is 0 Å². The number of rotatable bonds is 6. The van der Waals surface area contributed by atoms with E-state index in [2.05, 4.69) is 21.5 Å². The highest BCUT2D eigenvalue weighted by molar-refractivity contribution is 5.97. The zero-order chi connectivity index (χ0) is 23.4. The number of hydrogen-bond acceptors (Lipinski definition) is 4. The molecule has 0 spiro atoms. The number of halogens is 3. The summed E-state index contributed by atoms with van der Waals surface area (Å²) >= 11 is 0. The molecule has 2 atom stereocenters. The Morgan fingerprint density at radius 2 is 2.12 bits per heavy atom. The highest BCUT2D eigenvalue weighted by Gasteiger charge is 2.29. The van der Waals surface area contributed by atoms with Gasteiger partial charge in [0.15, 0.2) is 0 Å². The largest absolute Gasteiger partial charge is 0.379 e. The Balaban J connectivity index is 1.62. The lowest BCUT2D eigenvalue weighted by Crippen LogP contribution is -2.46. The lowest BCUT2D eigenvalue weighted by molar-refractivity contribution is -0.122. The molecule has 2 fully saturated rings. The number of likely N-dealkylation sites (tertiary alicyclic amines) is 1. The molecule has 1 aliphatic carbocycles. The molecule has 5 nitrogen and oxygen atoms in total. The SMILES string of the molecule is CN1CC[C@@H](Nc2cccc3c(C#CC(F)F)nc(/C=C/CNC(=O)C4CC4)cc23)[C@@H](F)C1. The van der Waals surface area contributed by atoms with Crippen molar-refractivity contribution in [2.75, 3.05) is 32.0 Å². The molecule has 2 aromatic rings. The molecule has 4 rings (SSSR count). The number of hydrogen-bond donors (Lipinski definition) is 2. The number of carbonyl (C=O) groups is 1. The normalized spacial score (nSPS) is 21.2. The summed E-state index contributed by atoms with van der Waals surface area (Å²) in [6.45, 7) is 1.50. The van der Waals surface area contributed by atoms with Gasteiger partial charge in [0, 0.05) is 42.0 Å². The summed E-state index contributed by atoms with van der Waals surface area (Å²) in [7, 11) is 1.89. The fourth-order valence-electron chi connectivity index (χ4n) is 3.97. The van der Waals surface area contributed by atoms with Crippen LogP contribution in [0.3, 0.4) is 0 Å². The van der Waals surface area contributed by atoms with Crippen LogP contribution in [-0.2, 0) is 4.79 Å². The smallest absolute Gasteiger partial charge is 0.299 e. The highest BCUT2D eigenvalue weighted by Crippen LogP contribution is 2.30. The number of fused-ring (bicyclic) bond motifs is 1. The lowest BCUT2D eigenvalue weighted by atomic mass is 10.0. The molecule has 1 amide bonds. The molecule has 0 radical (unpaired) electrons. The van der Waals surface area contributed by atoms with Crippen molar-refractivity contribution in [3.63, 3.8) is 0 Å². The molecule has 8 heteroatoms. The molecule has 2 heterocycles. The first-order valence-corrected chi connectivity index (χ1v) is 11.2. The van der Waals surface area contributed by atoms with Gasteiger partial charge in [-0.15, -0.1) is 0 Å². The average molecular weight is 457 g/mol. The second kappa shape index (κ2) is 10.3. The topological polar surface area (TPSA) is 57.3 Å². The molecule has 2 N–H and O–H groups in total. The van der Waals surface area contributed by atoms with Gasteiger partial charge in [-0.05, 0) is 56.4 Å². The number of amides is 1. The van der Waals surface area contributed by atoms with Gasteiger partial charge in [-0.25, -0.2) is 9.37 Å². The third-order valence-electron chi connectivity index (χ3n) is 5.91. The minimum absolute atomic E-state index is 0.0417. The first-order valence-electron chi connectivity index (χ1n) is 11.2. The van der Waals surface area contributed by atoms with E-state index < -0.39 is 12.6 Å². The van der Waals surface area contributed by atoms with Crippen LogP contribution in [0.15, 0.2) is 30.3 Å². The van der Waals surface area contributed by atoms with Crippen molar-refractivity contribution in [2.24, 2.45) is 5.92 Å². The van der Waals surface area contributed by atoms with E-state index in [4.69, 9.17) is 0 Å². The monoisotopic (exact) mass is 456 g/mol. The molecule has 1 saturated heterocycles. The summed E-state index contributed by atoms with van der Waals surface area (Å²) in [6.07, 6.45) is 2.22. The first kappa shape index (κ1) is 23.1. The quantitative estimate of drug-likeness (QED) is 0.649. The number of nitrogens with zero attached hydrogens (tertiary/aromatic N) is 2. The van der Waals surface area contributed by atoms with E-state index in [1.54, 1.807) is 24.3 Å². The Bertz CT molecular complexity index is 1100. The Morgan fingerprint density at radius 3 is 2.85 bits per heavy atom. The molecule has 0 unspecified atom stereocenters. The number of pyridine rings is 1. The van der Waals surface area contributed by atoms with Gasteiger partial charge >= 0.3 is 0 Å². The predicted molar refractivity (Wildman–Crippen MR) is 124 cm³/mol. The second-order valence-corrected chi connectivity index (χ2v) is 8.61. The van der Waals surface area contributed by atoms with Crippen LogP contribution in [0, 0.1) is 17.8 Å². The summed E-state index contributed by atoms with van der Waals surface area (Å²) in [6, 6.07) is 6.89. The van der Waals surface area contributed by atoms with Gasteiger partial charge in [-0.2, -0.15) is 8.78 Å². The van der Waals surface area contributed by atoms with Crippen molar-refractivity contribution < 1.29 is 18.0 Å². The van der Waals surface area contributed by atoms with Gasteiger partial charge in [0.1, 0.15) is 11.9 Å². The Labute approximate surface area is 191 Å². The molecule has 174 valence electrons. The fourth-order valence-corrected chi connectivity index (χ4v) is 3.97. The van der Waals surface area contributed by atoms with Crippen LogP contribution in [0.4, 0.5) is 18.9 Å². The van der Waals surface area contributed by atoms with Crippen LogP contribution in [0.2, 0.25) is 0 Å². The summed E-state index contributed by atoms with van der Waals surface area (Å²) in [5.74, 6) is 4.53. The van der Waals surface area contributed by atoms with Gasteiger partial charge in [0.05, 0.1) is 11.7 Å². The summed E-state index contributed by atoms with van der Waals surface area (Å²) in [5.41, 5.74) is 1.47. The molecule has 1 saturated carbocycles. The molecule has 1 aromatic heterocycles. The maximum Gasteiger partial charge on any atom is 0.299 e. The van der Waals surface area contributed by atoms with Crippen molar-refractivity contribution in [1.82, 2.24) is 15.2 Å². The zero-order valence-corrected chi connectivity index (χ0v) is 18.5. The Hall–Kier alpha value is -3.05. The zero-order valence-electron chi connectivity index (χ0n) is 18.5. The van der Waals surface area contributed by atoms with E-state index >= 15 is 0 Å². The van der Waals surface area contributed by atoms with E-state index in [1.807, 2.05) is 30.0 Å². The Kier molecular flexibility index (Phi) is 7.19.